The van der Waals surface area contributed by atoms with E-state index in [4.69, 9.17) is 5.73 Å². The first-order valence-corrected chi connectivity index (χ1v) is 6.78. The molecule has 1 aliphatic rings. The van der Waals surface area contributed by atoms with Gasteiger partial charge in [0, 0.05) is 6.54 Å². The predicted octanol–water partition coefficient (Wildman–Crippen LogP) is 3.61. The minimum atomic E-state index is -4.27. The van der Waals surface area contributed by atoms with E-state index >= 15 is 0 Å². The average Bonchev–Trinajstić information content (AvgIpc) is 2.81. The zero-order chi connectivity index (χ0) is 14.8. The van der Waals surface area contributed by atoms with Crippen molar-refractivity contribution in [2.45, 2.75) is 31.9 Å². The fourth-order valence-corrected chi connectivity index (χ4v) is 2.62. The van der Waals surface area contributed by atoms with Crippen LogP contribution in [0.15, 0.2) is 36.2 Å². The van der Waals surface area contributed by atoms with Crippen LogP contribution >= 0.6 is 0 Å². The molecule has 0 spiro atoms. The lowest BCUT2D eigenvalue weighted by atomic mass is 9.87. The number of hydrogen-bond acceptors (Lipinski definition) is 2. The van der Waals surface area contributed by atoms with Crippen LogP contribution in [0.1, 0.15) is 36.8 Å². The van der Waals surface area contributed by atoms with Crippen LogP contribution in [-0.4, -0.2) is 6.54 Å². The lowest BCUT2D eigenvalue weighted by Crippen LogP contribution is -2.17. The van der Waals surface area contributed by atoms with Crippen molar-refractivity contribution in [1.29, 1.82) is 0 Å². The zero-order valence-corrected chi connectivity index (χ0v) is 11.4. The van der Waals surface area contributed by atoms with Crippen LogP contribution in [0, 0.1) is 5.92 Å². The molecular weight excluding hydrogens is 265 g/mol. The molecule has 5 heteroatoms. The van der Waals surface area contributed by atoms with Gasteiger partial charge in [-0.3, -0.25) is 0 Å². The number of nitrogens with two attached hydrogens (primary N) is 1. The van der Waals surface area contributed by atoms with Gasteiger partial charge in [-0.25, -0.2) is 0 Å². The summed E-state index contributed by atoms with van der Waals surface area (Å²) in [6, 6.07) is 5.50. The highest BCUT2D eigenvalue weighted by Crippen LogP contribution is 2.33. The third-order valence-corrected chi connectivity index (χ3v) is 3.77. The maximum Gasteiger partial charge on any atom is 0.416 e. The first kappa shape index (κ1) is 14.8. The highest BCUT2D eigenvalue weighted by Gasteiger charge is 2.30. The maximum atomic E-state index is 12.5. The molecule has 1 aliphatic heterocycles. The molecule has 0 amide bonds. The number of nitrogens with one attached hydrogen (secondary N) is 1. The molecule has 0 aliphatic carbocycles. The van der Waals surface area contributed by atoms with Crippen LogP contribution in [0.2, 0.25) is 0 Å². The molecule has 110 valence electrons. The first-order chi connectivity index (χ1) is 9.40. The van der Waals surface area contributed by atoms with Crippen LogP contribution in [0.5, 0.6) is 0 Å². The highest BCUT2D eigenvalue weighted by atomic mass is 19.4. The second-order valence-corrected chi connectivity index (χ2v) is 5.22. The Bertz CT molecular complexity index is 477. The molecule has 20 heavy (non-hydrogen) atoms. The Labute approximate surface area is 116 Å². The van der Waals surface area contributed by atoms with Crippen molar-refractivity contribution in [2.24, 2.45) is 11.7 Å². The number of alkyl halides is 3. The van der Waals surface area contributed by atoms with Gasteiger partial charge in [0.1, 0.15) is 0 Å². The third kappa shape index (κ3) is 3.46. The highest BCUT2D eigenvalue weighted by molar-refractivity contribution is 5.27. The van der Waals surface area contributed by atoms with Crippen molar-refractivity contribution in [1.82, 2.24) is 5.32 Å². The van der Waals surface area contributed by atoms with Gasteiger partial charge in [-0.15, -0.1) is 0 Å². The van der Waals surface area contributed by atoms with Gasteiger partial charge in [0.2, 0.25) is 0 Å². The largest absolute Gasteiger partial charge is 0.416 e. The molecule has 1 aromatic carbocycles. The topological polar surface area (TPSA) is 38.0 Å². The van der Waals surface area contributed by atoms with E-state index in [-0.39, 0.29) is 5.92 Å². The van der Waals surface area contributed by atoms with E-state index < -0.39 is 11.7 Å². The van der Waals surface area contributed by atoms with Crippen molar-refractivity contribution in [3.8, 4) is 0 Å². The van der Waals surface area contributed by atoms with E-state index in [2.05, 4.69) is 12.2 Å². The first-order valence-electron chi connectivity index (χ1n) is 6.78. The second-order valence-electron chi connectivity index (χ2n) is 5.22. The van der Waals surface area contributed by atoms with E-state index in [1.54, 1.807) is 12.1 Å². The molecule has 1 unspecified atom stereocenters. The summed E-state index contributed by atoms with van der Waals surface area (Å²) in [4.78, 5) is 0. The monoisotopic (exact) mass is 284 g/mol. The van der Waals surface area contributed by atoms with Crippen LogP contribution in [0.3, 0.4) is 0 Å². The van der Waals surface area contributed by atoms with E-state index in [9.17, 15) is 13.2 Å². The maximum absolute atomic E-state index is 12.5. The number of halogens is 3. The normalized spacial score (nSPS) is 20.4. The Balaban J connectivity index is 2.08. The van der Waals surface area contributed by atoms with Gasteiger partial charge >= 0.3 is 6.18 Å². The van der Waals surface area contributed by atoms with Crippen molar-refractivity contribution >= 4 is 0 Å². The molecule has 0 radical (unpaired) electrons. The molecule has 0 fully saturated rings. The molecule has 0 aromatic heterocycles. The molecule has 1 aromatic rings. The van der Waals surface area contributed by atoms with Crippen LogP contribution in [0.25, 0.3) is 0 Å². The summed E-state index contributed by atoms with van der Waals surface area (Å²) < 4.78 is 37.6. The van der Waals surface area contributed by atoms with E-state index in [0.29, 0.717) is 11.7 Å². The fraction of sp³-hybridized carbons (Fsp3) is 0.467. The lowest BCUT2D eigenvalue weighted by molar-refractivity contribution is -0.137. The smallest absolute Gasteiger partial charge is 0.386 e. The minimum absolute atomic E-state index is 0.256. The number of rotatable bonds is 4. The van der Waals surface area contributed by atoms with Gasteiger partial charge in [-0.05, 0) is 48.4 Å². The van der Waals surface area contributed by atoms with Gasteiger partial charge < -0.3 is 11.1 Å². The average molecular weight is 284 g/mol. The Morgan fingerprint density at radius 1 is 1.30 bits per heavy atom. The second kappa shape index (κ2) is 5.77. The summed E-state index contributed by atoms with van der Waals surface area (Å²) in [7, 11) is 0. The molecule has 0 bridgehead atoms. The van der Waals surface area contributed by atoms with Gasteiger partial charge in [0.25, 0.3) is 0 Å². The quantitative estimate of drug-likeness (QED) is 0.886. The molecule has 3 N–H and O–H groups in total. The summed E-state index contributed by atoms with van der Waals surface area (Å²) in [5.41, 5.74) is 6.04. The van der Waals surface area contributed by atoms with Gasteiger partial charge in [-0.1, -0.05) is 19.1 Å². The third-order valence-electron chi connectivity index (χ3n) is 3.77. The Hall–Kier alpha value is -1.65. The number of benzene rings is 1. The summed E-state index contributed by atoms with van der Waals surface area (Å²) in [5.74, 6) is 1.30. The molecule has 1 heterocycles. The van der Waals surface area contributed by atoms with E-state index in [1.165, 1.54) is 0 Å². The fourth-order valence-electron chi connectivity index (χ4n) is 2.62. The van der Waals surface area contributed by atoms with E-state index in [0.717, 1.165) is 37.1 Å². The van der Waals surface area contributed by atoms with Crippen LogP contribution < -0.4 is 11.1 Å². The Morgan fingerprint density at radius 2 is 1.95 bits per heavy atom. The Kier molecular flexibility index (Phi) is 4.26. The summed E-state index contributed by atoms with van der Waals surface area (Å²) >= 11 is 0. The molecule has 2 atom stereocenters. The van der Waals surface area contributed by atoms with Gasteiger partial charge in [0.05, 0.1) is 11.4 Å². The van der Waals surface area contributed by atoms with Crippen molar-refractivity contribution in [2.75, 3.05) is 6.54 Å². The van der Waals surface area contributed by atoms with Crippen LogP contribution in [-0.2, 0) is 6.18 Å². The van der Waals surface area contributed by atoms with Gasteiger partial charge in [0.15, 0.2) is 0 Å². The summed E-state index contributed by atoms with van der Waals surface area (Å²) in [6.07, 6.45) is -0.481. The molecule has 0 saturated carbocycles. The Morgan fingerprint density at radius 3 is 2.40 bits per heavy atom. The molecule has 2 rings (SSSR count). The lowest BCUT2D eigenvalue weighted by Gasteiger charge is -2.19. The van der Waals surface area contributed by atoms with Crippen molar-refractivity contribution in [3.63, 3.8) is 0 Å². The standard InChI is InChI=1S/C15H19F3N2/c1-2-11(7-10-8-14(19)20-9-10)12-3-5-13(6-4-12)15(16,17)18/h3-6,8,10-11,20H,2,7,9,19H2,1H3/t10-,11?/m0/s1. The molecular formula is C15H19F3N2. The SMILES string of the molecule is CCC(C[C@H]1C=C(N)NC1)c1ccc(C(F)(F)F)cc1. The molecule has 0 saturated heterocycles. The van der Waals surface area contributed by atoms with Crippen LogP contribution in [0.4, 0.5) is 13.2 Å². The van der Waals surface area contributed by atoms with E-state index in [1.807, 2.05) is 6.08 Å². The van der Waals surface area contributed by atoms with Crippen molar-refractivity contribution in [3.05, 3.63) is 47.3 Å². The van der Waals surface area contributed by atoms with Crippen molar-refractivity contribution < 1.29 is 13.2 Å². The van der Waals surface area contributed by atoms with Gasteiger partial charge in [-0.2, -0.15) is 13.2 Å². The predicted molar refractivity (Wildman–Crippen MR) is 72.9 cm³/mol. The minimum Gasteiger partial charge on any atom is -0.386 e. The number of hydrogen-bond donors (Lipinski definition) is 2. The summed E-state index contributed by atoms with van der Waals surface area (Å²) in [5, 5.41) is 3.07. The summed E-state index contributed by atoms with van der Waals surface area (Å²) in [6.45, 7) is 2.86. The zero-order valence-electron chi connectivity index (χ0n) is 11.4. The molecule has 2 nitrogen and oxygen atoms in total.